The summed E-state index contributed by atoms with van der Waals surface area (Å²) in [5.41, 5.74) is 1.71. The van der Waals surface area contributed by atoms with Crippen molar-refractivity contribution in [2.24, 2.45) is 0 Å². The standard InChI is InChI=1S/C20H17F3N4O2S2/c1-11-6-7-15(12(2)8-11)24-16(28)10-30-19-27-26-18(31-19)25-17(29)13-4-3-5-14(9-13)20(21,22)23/h3-9H,10H2,1-2H3,(H,24,28)(H,25,26,29). The van der Waals surface area contributed by atoms with Gasteiger partial charge in [-0.2, -0.15) is 13.2 Å². The van der Waals surface area contributed by atoms with E-state index >= 15 is 0 Å². The van der Waals surface area contributed by atoms with Crippen LogP contribution in [0.15, 0.2) is 46.8 Å². The van der Waals surface area contributed by atoms with E-state index < -0.39 is 17.6 Å². The summed E-state index contributed by atoms with van der Waals surface area (Å²) in [7, 11) is 0. The Morgan fingerprint density at radius 3 is 2.55 bits per heavy atom. The first kappa shape index (κ1) is 22.8. The Kier molecular flexibility index (Phi) is 6.96. The highest BCUT2D eigenvalue weighted by molar-refractivity contribution is 8.01. The van der Waals surface area contributed by atoms with Gasteiger partial charge in [-0.1, -0.05) is 46.9 Å². The van der Waals surface area contributed by atoms with Gasteiger partial charge in [0, 0.05) is 11.3 Å². The van der Waals surface area contributed by atoms with E-state index in [0.717, 1.165) is 58.1 Å². The molecule has 1 heterocycles. The van der Waals surface area contributed by atoms with E-state index in [9.17, 15) is 22.8 Å². The number of nitrogens with zero attached hydrogens (tertiary/aromatic N) is 2. The van der Waals surface area contributed by atoms with Crippen LogP contribution < -0.4 is 10.6 Å². The van der Waals surface area contributed by atoms with Crippen LogP contribution in [0.5, 0.6) is 0 Å². The average Bonchev–Trinajstić information content (AvgIpc) is 3.15. The minimum Gasteiger partial charge on any atom is -0.325 e. The molecule has 0 atom stereocenters. The number of nitrogens with one attached hydrogen (secondary N) is 2. The van der Waals surface area contributed by atoms with Gasteiger partial charge in [-0.25, -0.2) is 0 Å². The van der Waals surface area contributed by atoms with Crippen LogP contribution >= 0.6 is 23.1 Å². The zero-order valence-corrected chi connectivity index (χ0v) is 18.0. The molecule has 2 amide bonds. The van der Waals surface area contributed by atoms with E-state index in [2.05, 4.69) is 20.8 Å². The summed E-state index contributed by atoms with van der Waals surface area (Å²) >= 11 is 2.16. The van der Waals surface area contributed by atoms with Gasteiger partial charge in [0.2, 0.25) is 11.0 Å². The molecule has 0 unspecified atom stereocenters. The zero-order valence-electron chi connectivity index (χ0n) is 16.4. The number of benzene rings is 2. The predicted octanol–water partition coefficient (Wildman–Crippen LogP) is 5.16. The van der Waals surface area contributed by atoms with E-state index in [4.69, 9.17) is 0 Å². The highest BCUT2D eigenvalue weighted by Crippen LogP contribution is 2.30. The fourth-order valence-corrected chi connectivity index (χ4v) is 4.14. The van der Waals surface area contributed by atoms with Crippen molar-refractivity contribution >= 4 is 45.7 Å². The second-order valence-corrected chi connectivity index (χ2v) is 8.76. The Hall–Kier alpha value is -2.92. The molecule has 0 spiro atoms. The monoisotopic (exact) mass is 466 g/mol. The van der Waals surface area contributed by atoms with E-state index in [1.165, 1.54) is 6.07 Å². The Morgan fingerprint density at radius 1 is 1.06 bits per heavy atom. The number of anilines is 2. The van der Waals surface area contributed by atoms with Crippen LogP contribution in [0.2, 0.25) is 0 Å². The molecule has 162 valence electrons. The summed E-state index contributed by atoms with van der Waals surface area (Å²) in [6.45, 7) is 3.87. The Labute approximate surface area is 184 Å². The van der Waals surface area contributed by atoms with Crippen LogP contribution in [0.25, 0.3) is 0 Å². The lowest BCUT2D eigenvalue weighted by molar-refractivity contribution is -0.137. The van der Waals surface area contributed by atoms with Gasteiger partial charge in [0.05, 0.1) is 11.3 Å². The summed E-state index contributed by atoms with van der Waals surface area (Å²) in [6.07, 6.45) is -4.54. The molecule has 11 heteroatoms. The fraction of sp³-hybridized carbons (Fsp3) is 0.200. The molecule has 0 aliphatic heterocycles. The third-order valence-electron chi connectivity index (χ3n) is 4.06. The summed E-state index contributed by atoms with van der Waals surface area (Å²) in [5, 5.41) is 13.1. The van der Waals surface area contributed by atoms with E-state index in [-0.39, 0.29) is 22.4 Å². The van der Waals surface area contributed by atoms with Gasteiger partial charge >= 0.3 is 6.18 Å². The predicted molar refractivity (Wildman–Crippen MR) is 115 cm³/mol. The lowest BCUT2D eigenvalue weighted by atomic mass is 10.1. The molecule has 6 nitrogen and oxygen atoms in total. The molecule has 0 fully saturated rings. The number of thioether (sulfide) groups is 1. The number of hydrogen-bond donors (Lipinski definition) is 2. The summed E-state index contributed by atoms with van der Waals surface area (Å²) in [4.78, 5) is 24.4. The molecule has 2 N–H and O–H groups in total. The van der Waals surface area contributed by atoms with Gasteiger partial charge in [0.15, 0.2) is 4.34 Å². The number of aryl methyl sites for hydroxylation is 2. The number of aromatic nitrogens is 2. The number of carbonyl (C=O) groups excluding carboxylic acids is 2. The van der Waals surface area contributed by atoms with Crippen molar-refractivity contribution in [1.82, 2.24) is 10.2 Å². The van der Waals surface area contributed by atoms with Crippen molar-refractivity contribution in [3.8, 4) is 0 Å². The minimum atomic E-state index is -4.54. The number of hydrogen-bond acceptors (Lipinski definition) is 6. The Bertz CT molecular complexity index is 1120. The quantitative estimate of drug-likeness (QED) is 0.387. The van der Waals surface area contributed by atoms with Crippen molar-refractivity contribution in [3.63, 3.8) is 0 Å². The maximum atomic E-state index is 12.8. The normalized spacial score (nSPS) is 11.3. The molecular weight excluding hydrogens is 449 g/mol. The van der Waals surface area contributed by atoms with Gasteiger partial charge in [0.25, 0.3) is 5.91 Å². The Balaban J connectivity index is 1.55. The van der Waals surface area contributed by atoms with E-state index in [0.29, 0.717) is 4.34 Å². The molecule has 0 aliphatic carbocycles. The minimum absolute atomic E-state index is 0.0868. The first-order chi connectivity index (χ1) is 14.6. The summed E-state index contributed by atoms with van der Waals surface area (Å²) in [6, 6.07) is 9.79. The molecular formula is C20H17F3N4O2S2. The van der Waals surface area contributed by atoms with E-state index in [1.54, 1.807) is 0 Å². The fourth-order valence-electron chi connectivity index (χ4n) is 2.59. The molecule has 31 heavy (non-hydrogen) atoms. The molecule has 0 aliphatic rings. The number of carbonyl (C=O) groups is 2. The van der Waals surface area contributed by atoms with Crippen molar-refractivity contribution in [3.05, 3.63) is 64.7 Å². The third kappa shape index (κ3) is 6.28. The van der Waals surface area contributed by atoms with Gasteiger partial charge in [-0.15, -0.1) is 10.2 Å². The zero-order chi connectivity index (χ0) is 22.6. The van der Waals surface area contributed by atoms with Crippen LogP contribution in [0.4, 0.5) is 24.0 Å². The first-order valence-corrected chi connectivity index (χ1v) is 10.7. The van der Waals surface area contributed by atoms with Gasteiger partial charge in [-0.05, 0) is 43.7 Å². The van der Waals surface area contributed by atoms with Crippen LogP contribution in [-0.2, 0) is 11.0 Å². The first-order valence-electron chi connectivity index (χ1n) is 8.94. The van der Waals surface area contributed by atoms with E-state index in [1.807, 2.05) is 32.0 Å². The molecule has 3 rings (SSSR count). The largest absolute Gasteiger partial charge is 0.416 e. The van der Waals surface area contributed by atoms with Crippen LogP contribution in [0, 0.1) is 13.8 Å². The number of halogens is 3. The molecule has 2 aromatic carbocycles. The van der Waals surface area contributed by atoms with Crippen molar-refractivity contribution < 1.29 is 22.8 Å². The Morgan fingerprint density at radius 2 is 1.84 bits per heavy atom. The highest BCUT2D eigenvalue weighted by Gasteiger charge is 2.31. The van der Waals surface area contributed by atoms with Crippen molar-refractivity contribution in [2.45, 2.75) is 24.4 Å². The second kappa shape index (κ2) is 9.48. The maximum Gasteiger partial charge on any atom is 0.416 e. The van der Waals surface area contributed by atoms with Crippen molar-refractivity contribution in [2.75, 3.05) is 16.4 Å². The number of rotatable bonds is 6. The molecule has 0 saturated heterocycles. The number of alkyl halides is 3. The molecule has 0 bridgehead atoms. The second-order valence-electron chi connectivity index (χ2n) is 6.56. The van der Waals surface area contributed by atoms with Crippen molar-refractivity contribution in [1.29, 1.82) is 0 Å². The van der Waals surface area contributed by atoms with Crippen LogP contribution in [0.3, 0.4) is 0 Å². The summed E-state index contributed by atoms with van der Waals surface area (Å²) < 4.78 is 38.8. The maximum absolute atomic E-state index is 12.8. The number of amides is 2. The van der Waals surface area contributed by atoms with Gasteiger partial charge in [-0.3, -0.25) is 14.9 Å². The molecule has 3 aromatic rings. The average molecular weight is 467 g/mol. The summed E-state index contributed by atoms with van der Waals surface area (Å²) in [5.74, 6) is -0.864. The molecule has 0 saturated carbocycles. The topological polar surface area (TPSA) is 84.0 Å². The van der Waals surface area contributed by atoms with Gasteiger partial charge < -0.3 is 5.32 Å². The third-order valence-corrected chi connectivity index (χ3v) is 6.03. The highest BCUT2D eigenvalue weighted by atomic mass is 32.2. The van der Waals surface area contributed by atoms with Crippen LogP contribution in [-0.4, -0.2) is 27.8 Å². The lowest BCUT2D eigenvalue weighted by Gasteiger charge is -2.08. The smallest absolute Gasteiger partial charge is 0.325 e. The van der Waals surface area contributed by atoms with Crippen LogP contribution in [0.1, 0.15) is 27.0 Å². The van der Waals surface area contributed by atoms with Gasteiger partial charge in [0.1, 0.15) is 0 Å². The lowest BCUT2D eigenvalue weighted by Crippen LogP contribution is -2.14. The SMILES string of the molecule is Cc1ccc(NC(=O)CSc2nnc(NC(=O)c3cccc(C(F)(F)F)c3)s2)c(C)c1. The molecule has 0 radical (unpaired) electrons. The molecule has 1 aromatic heterocycles.